The Morgan fingerprint density at radius 3 is 2.52 bits per heavy atom. The third-order valence-corrected chi connectivity index (χ3v) is 4.42. The van der Waals surface area contributed by atoms with Crippen LogP contribution in [-0.2, 0) is 9.53 Å². The normalized spacial score (nSPS) is 14.9. The van der Waals surface area contributed by atoms with Gasteiger partial charge in [-0.2, -0.15) is 0 Å². The zero-order valence-corrected chi connectivity index (χ0v) is 14.4. The van der Waals surface area contributed by atoms with Crippen molar-refractivity contribution in [2.24, 2.45) is 0 Å². The zero-order valence-electron chi connectivity index (χ0n) is 14.4. The fraction of sp³-hybridized carbons (Fsp3) is 0.286. The van der Waals surface area contributed by atoms with Crippen LogP contribution in [-0.4, -0.2) is 43.8 Å². The van der Waals surface area contributed by atoms with Gasteiger partial charge < -0.3 is 14.7 Å². The fourth-order valence-corrected chi connectivity index (χ4v) is 3.03. The van der Waals surface area contributed by atoms with Gasteiger partial charge in [0, 0.05) is 18.8 Å². The van der Waals surface area contributed by atoms with Crippen molar-refractivity contribution in [3.05, 3.63) is 59.7 Å². The number of hydrogen-bond acceptors (Lipinski definition) is 4. The number of benzene rings is 2. The third-order valence-electron chi connectivity index (χ3n) is 4.42. The minimum Gasteiger partial charge on any atom is -0.388 e. The molecule has 1 aliphatic heterocycles. The van der Waals surface area contributed by atoms with Gasteiger partial charge in [0.25, 0.3) is 0 Å². The molecule has 0 radical (unpaired) electrons. The van der Waals surface area contributed by atoms with Crippen LogP contribution in [0.3, 0.4) is 0 Å². The number of carbonyl (C=O) groups is 1. The van der Waals surface area contributed by atoms with E-state index >= 15 is 0 Å². The predicted octanol–water partition coefficient (Wildman–Crippen LogP) is 3.07. The molecule has 0 atom stereocenters. The molecule has 4 nitrogen and oxygen atoms in total. The van der Waals surface area contributed by atoms with E-state index in [0.717, 1.165) is 37.4 Å². The van der Waals surface area contributed by atoms with E-state index in [2.05, 4.69) is 42.2 Å². The van der Waals surface area contributed by atoms with Crippen LogP contribution in [0.2, 0.25) is 0 Å². The monoisotopic (exact) mass is 337 g/mol. The summed E-state index contributed by atoms with van der Waals surface area (Å²) < 4.78 is 5.40. The first-order valence-corrected chi connectivity index (χ1v) is 8.53. The molecular weight excluding hydrogens is 314 g/mol. The number of ketones is 1. The van der Waals surface area contributed by atoms with E-state index in [0.29, 0.717) is 0 Å². The van der Waals surface area contributed by atoms with Gasteiger partial charge in [0.1, 0.15) is 6.61 Å². The minimum absolute atomic E-state index is 0.291. The highest BCUT2D eigenvalue weighted by molar-refractivity contribution is 5.94. The molecule has 0 unspecified atom stereocenters. The maximum Gasteiger partial charge on any atom is 0.181 e. The van der Waals surface area contributed by atoms with Crippen molar-refractivity contribution in [2.45, 2.75) is 6.92 Å². The number of hydrogen-bond donors (Lipinski definition) is 1. The number of anilines is 1. The van der Waals surface area contributed by atoms with Crippen LogP contribution in [0.15, 0.2) is 48.5 Å². The number of rotatable bonds is 5. The number of nitrogens with zero attached hydrogens (tertiary/aromatic N) is 1. The topological polar surface area (TPSA) is 49.8 Å². The van der Waals surface area contributed by atoms with Gasteiger partial charge in [-0.05, 0) is 47.4 Å². The molecule has 1 saturated heterocycles. The molecule has 1 fully saturated rings. The molecule has 0 spiro atoms. The standard InChI is InChI=1S/C21H23NO3/c1-16-14-17(2-8-20(24)15-23)3-9-21(16)18-4-6-19(7-5-18)22-10-12-25-13-11-22/h2-9,14,23H,10-13,15H2,1H3/b8-2+. The lowest BCUT2D eigenvalue weighted by Crippen LogP contribution is -2.36. The second-order valence-electron chi connectivity index (χ2n) is 6.18. The van der Waals surface area contributed by atoms with E-state index in [1.165, 1.54) is 22.9 Å². The Kier molecular flexibility index (Phi) is 5.64. The SMILES string of the molecule is Cc1cc(/C=C/C(=O)CO)ccc1-c1ccc(N2CCOCC2)cc1. The predicted molar refractivity (Wildman–Crippen MR) is 101 cm³/mol. The fourth-order valence-electron chi connectivity index (χ4n) is 3.03. The lowest BCUT2D eigenvalue weighted by atomic mass is 9.98. The van der Waals surface area contributed by atoms with Crippen molar-refractivity contribution in [2.75, 3.05) is 37.8 Å². The Hall–Kier alpha value is -2.43. The summed E-state index contributed by atoms with van der Waals surface area (Å²) in [7, 11) is 0. The van der Waals surface area contributed by atoms with Crippen molar-refractivity contribution in [3.8, 4) is 11.1 Å². The molecule has 0 aromatic heterocycles. The second-order valence-corrected chi connectivity index (χ2v) is 6.18. The summed E-state index contributed by atoms with van der Waals surface area (Å²) in [5.74, 6) is -0.291. The number of ether oxygens (including phenoxy) is 1. The van der Waals surface area contributed by atoms with Crippen LogP contribution >= 0.6 is 0 Å². The first-order chi connectivity index (χ1) is 12.2. The summed E-state index contributed by atoms with van der Waals surface area (Å²) in [4.78, 5) is 13.5. The van der Waals surface area contributed by atoms with E-state index in [1.54, 1.807) is 6.08 Å². The van der Waals surface area contributed by atoms with Gasteiger partial charge in [-0.15, -0.1) is 0 Å². The first-order valence-electron chi connectivity index (χ1n) is 8.53. The Labute approximate surface area is 148 Å². The Balaban J connectivity index is 1.77. The van der Waals surface area contributed by atoms with Gasteiger partial charge in [-0.3, -0.25) is 4.79 Å². The summed E-state index contributed by atoms with van der Waals surface area (Å²) in [6, 6.07) is 14.7. The van der Waals surface area contributed by atoms with Gasteiger partial charge in [0.2, 0.25) is 0 Å². The summed E-state index contributed by atoms with van der Waals surface area (Å²) in [5, 5.41) is 8.77. The van der Waals surface area contributed by atoms with E-state index < -0.39 is 6.61 Å². The zero-order chi connectivity index (χ0) is 17.6. The molecule has 130 valence electrons. The van der Waals surface area contributed by atoms with Crippen LogP contribution in [0.25, 0.3) is 17.2 Å². The highest BCUT2D eigenvalue weighted by atomic mass is 16.5. The van der Waals surface area contributed by atoms with Crippen molar-refractivity contribution in [3.63, 3.8) is 0 Å². The van der Waals surface area contributed by atoms with E-state index in [4.69, 9.17) is 9.84 Å². The maximum absolute atomic E-state index is 11.2. The van der Waals surface area contributed by atoms with Crippen molar-refractivity contribution in [1.82, 2.24) is 0 Å². The van der Waals surface area contributed by atoms with E-state index in [1.807, 2.05) is 12.1 Å². The molecule has 1 aliphatic rings. The Bertz CT molecular complexity index is 759. The quantitative estimate of drug-likeness (QED) is 0.852. The molecule has 2 aromatic rings. The largest absolute Gasteiger partial charge is 0.388 e. The molecule has 0 bridgehead atoms. The highest BCUT2D eigenvalue weighted by Crippen LogP contribution is 2.27. The molecule has 25 heavy (non-hydrogen) atoms. The summed E-state index contributed by atoms with van der Waals surface area (Å²) >= 11 is 0. The van der Waals surface area contributed by atoms with Crippen molar-refractivity contribution >= 4 is 17.5 Å². The molecular formula is C21H23NO3. The number of carbonyl (C=O) groups excluding carboxylic acids is 1. The molecule has 4 heteroatoms. The van der Waals surface area contributed by atoms with Crippen molar-refractivity contribution in [1.29, 1.82) is 0 Å². The van der Waals surface area contributed by atoms with E-state index in [-0.39, 0.29) is 5.78 Å². The molecule has 2 aromatic carbocycles. The molecule has 0 amide bonds. The van der Waals surface area contributed by atoms with Gasteiger partial charge >= 0.3 is 0 Å². The summed E-state index contributed by atoms with van der Waals surface area (Å²) in [6.45, 7) is 5.06. The smallest absolute Gasteiger partial charge is 0.181 e. The molecule has 0 aliphatic carbocycles. The van der Waals surface area contributed by atoms with Gasteiger partial charge in [0.05, 0.1) is 13.2 Å². The van der Waals surface area contributed by atoms with Crippen LogP contribution in [0.5, 0.6) is 0 Å². The minimum atomic E-state index is -0.455. The van der Waals surface area contributed by atoms with Gasteiger partial charge in [0.15, 0.2) is 5.78 Å². The second kappa shape index (κ2) is 8.10. The number of aliphatic hydroxyl groups is 1. The lowest BCUT2D eigenvalue weighted by molar-refractivity contribution is -0.117. The van der Waals surface area contributed by atoms with Gasteiger partial charge in [-0.1, -0.05) is 36.4 Å². The molecule has 3 rings (SSSR count). The average Bonchev–Trinajstić information content (AvgIpc) is 2.67. The molecule has 0 saturated carbocycles. The van der Waals surface area contributed by atoms with Crippen LogP contribution in [0.1, 0.15) is 11.1 Å². The van der Waals surface area contributed by atoms with Crippen LogP contribution < -0.4 is 4.90 Å². The van der Waals surface area contributed by atoms with Crippen LogP contribution in [0.4, 0.5) is 5.69 Å². The lowest BCUT2D eigenvalue weighted by Gasteiger charge is -2.29. The van der Waals surface area contributed by atoms with Crippen molar-refractivity contribution < 1.29 is 14.6 Å². The van der Waals surface area contributed by atoms with Gasteiger partial charge in [-0.25, -0.2) is 0 Å². The summed E-state index contributed by atoms with van der Waals surface area (Å²) in [5.41, 5.74) is 5.69. The Morgan fingerprint density at radius 2 is 1.88 bits per heavy atom. The first kappa shape index (κ1) is 17.4. The summed E-state index contributed by atoms with van der Waals surface area (Å²) in [6.07, 6.45) is 3.14. The third kappa shape index (κ3) is 4.35. The number of aliphatic hydroxyl groups excluding tert-OH is 1. The van der Waals surface area contributed by atoms with E-state index in [9.17, 15) is 4.79 Å². The maximum atomic E-state index is 11.2. The average molecular weight is 337 g/mol. The number of aryl methyl sites for hydroxylation is 1. The van der Waals surface area contributed by atoms with Crippen LogP contribution in [0, 0.1) is 6.92 Å². The molecule has 1 heterocycles. The highest BCUT2D eigenvalue weighted by Gasteiger charge is 2.11. The molecule has 1 N–H and O–H groups in total. The Morgan fingerprint density at radius 1 is 1.16 bits per heavy atom. The number of morpholine rings is 1.